The number of hydrogen-bond acceptors (Lipinski definition) is 5. The number of fused-ring (bicyclic) bond motifs is 1. The van der Waals surface area contributed by atoms with E-state index in [0.717, 1.165) is 23.2 Å². The standard InChI is InChI=1S/C22H17F5N5O3SSi/c1-22(37)12-31-19(21(34)32(22)15-4-6-16(7-5-15)36(23,24,25,26)27)17(11-29-31)20(33)30-14-3-8-18(35-2)13(9-14)10-28/h3-9,11H,12H2,1-2H3,(H,30,33)/t22-/m0/s1. The number of hydrogen-bond donors (Lipinski definition) is 1. The van der Waals surface area contributed by atoms with Crippen LogP contribution in [-0.4, -0.2) is 44.1 Å². The van der Waals surface area contributed by atoms with Crippen LogP contribution < -0.4 is 15.0 Å². The first-order valence-electron chi connectivity index (χ1n) is 10.3. The minimum absolute atomic E-state index is 0.0251. The SMILES string of the molecule is COc1ccc(NC(=O)c2cnn3c2C(=O)N(c2ccc(S(F)(F)(F)(F)F)cc2)[C@@](C)([Si])C3)cc1C#N. The quantitative estimate of drug-likeness (QED) is 0.345. The zero-order valence-corrected chi connectivity index (χ0v) is 21.0. The smallest absolute Gasteiger partial charge is 0.310 e. The molecule has 2 aromatic carbocycles. The van der Waals surface area contributed by atoms with Crippen LogP contribution in [-0.2, 0) is 6.54 Å². The average Bonchev–Trinajstić information content (AvgIpc) is 3.20. The number of amides is 2. The molecular formula is C22H17F5N5O3SSi. The van der Waals surface area contributed by atoms with Gasteiger partial charge < -0.3 is 15.0 Å². The van der Waals surface area contributed by atoms with E-state index >= 15 is 0 Å². The second-order valence-corrected chi connectivity index (χ2v) is 11.9. The Labute approximate surface area is 210 Å². The summed E-state index contributed by atoms with van der Waals surface area (Å²) in [5.41, 5.74) is -0.0294. The second kappa shape index (κ2) is 7.80. The summed E-state index contributed by atoms with van der Waals surface area (Å²) in [6.45, 7) is 1.51. The van der Waals surface area contributed by atoms with Crippen molar-refractivity contribution in [2.75, 3.05) is 17.3 Å². The first kappa shape index (κ1) is 26.2. The first-order valence-corrected chi connectivity index (χ1v) is 12.8. The van der Waals surface area contributed by atoms with E-state index in [-0.39, 0.29) is 46.9 Å². The molecular weight excluding hydrogens is 537 g/mol. The van der Waals surface area contributed by atoms with Crippen LogP contribution in [0.15, 0.2) is 53.6 Å². The van der Waals surface area contributed by atoms with Crippen molar-refractivity contribution >= 4 is 43.7 Å². The Kier molecular flexibility index (Phi) is 5.51. The van der Waals surface area contributed by atoms with E-state index in [9.17, 15) is 34.3 Å². The number of carbonyl (C=O) groups is 2. The molecule has 0 aliphatic carbocycles. The number of nitrogens with one attached hydrogen (secondary N) is 1. The van der Waals surface area contributed by atoms with E-state index in [1.54, 1.807) is 0 Å². The number of nitrogens with zero attached hydrogens (tertiary/aromatic N) is 4. The molecule has 2 amide bonds. The minimum atomic E-state index is -9.91. The fraction of sp³-hybridized carbons (Fsp3) is 0.182. The van der Waals surface area contributed by atoms with Crippen molar-refractivity contribution in [2.24, 2.45) is 0 Å². The van der Waals surface area contributed by atoms with Gasteiger partial charge in [-0.25, -0.2) is 0 Å². The maximum absolute atomic E-state index is 13.5. The van der Waals surface area contributed by atoms with Crippen LogP contribution >= 0.6 is 10.2 Å². The second-order valence-electron chi connectivity index (χ2n) is 8.42. The van der Waals surface area contributed by atoms with E-state index < -0.39 is 32.1 Å². The number of aromatic nitrogens is 2. The molecule has 37 heavy (non-hydrogen) atoms. The van der Waals surface area contributed by atoms with Crippen LogP contribution in [0, 0.1) is 11.3 Å². The van der Waals surface area contributed by atoms with E-state index in [0.29, 0.717) is 5.75 Å². The molecule has 0 unspecified atom stereocenters. The lowest BCUT2D eigenvalue weighted by Gasteiger charge is -2.43. The largest absolute Gasteiger partial charge is 0.495 e. The summed E-state index contributed by atoms with van der Waals surface area (Å²) in [6, 6.07) is 8.20. The molecule has 0 saturated carbocycles. The Morgan fingerprint density at radius 3 is 2.41 bits per heavy atom. The molecule has 0 fully saturated rings. The topological polar surface area (TPSA) is 100 Å². The van der Waals surface area contributed by atoms with E-state index in [4.69, 9.17) is 4.74 Å². The van der Waals surface area contributed by atoms with Gasteiger partial charge in [-0.1, -0.05) is 19.4 Å². The molecule has 0 saturated heterocycles. The van der Waals surface area contributed by atoms with Crippen LogP contribution in [0.2, 0.25) is 0 Å². The lowest BCUT2D eigenvalue weighted by molar-refractivity contribution is 0.0924. The fourth-order valence-electron chi connectivity index (χ4n) is 3.92. The van der Waals surface area contributed by atoms with Crippen LogP contribution in [0.1, 0.15) is 33.3 Å². The molecule has 1 aromatic heterocycles. The van der Waals surface area contributed by atoms with Crippen molar-refractivity contribution in [2.45, 2.75) is 23.5 Å². The first-order chi connectivity index (χ1) is 16.9. The van der Waals surface area contributed by atoms with Crippen molar-refractivity contribution < 1.29 is 33.8 Å². The molecule has 8 nitrogen and oxygen atoms in total. The maximum atomic E-state index is 13.5. The maximum Gasteiger partial charge on any atom is 0.310 e. The van der Waals surface area contributed by atoms with Crippen LogP contribution in [0.25, 0.3) is 0 Å². The van der Waals surface area contributed by atoms with Gasteiger partial charge in [0, 0.05) is 16.5 Å². The number of halogens is 5. The zero-order valence-electron chi connectivity index (χ0n) is 19.1. The highest BCUT2D eigenvalue weighted by Gasteiger charge is 2.65. The number of carbonyl (C=O) groups excluding carboxylic acids is 2. The van der Waals surface area contributed by atoms with Gasteiger partial charge in [-0.2, -0.15) is 10.4 Å². The minimum Gasteiger partial charge on any atom is -0.495 e. The third-order valence-electron chi connectivity index (χ3n) is 5.56. The molecule has 4 rings (SSSR count). The molecule has 1 N–H and O–H groups in total. The number of rotatable bonds is 5. The highest BCUT2D eigenvalue weighted by Crippen LogP contribution is 3.02. The van der Waals surface area contributed by atoms with E-state index in [1.807, 2.05) is 6.07 Å². The number of nitriles is 1. The van der Waals surface area contributed by atoms with E-state index in [2.05, 4.69) is 20.7 Å². The molecule has 3 radical (unpaired) electrons. The number of anilines is 2. The third kappa shape index (κ3) is 4.89. The number of ether oxygens (including phenoxy) is 1. The van der Waals surface area contributed by atoms with Gasteiger partial charge in [0.1, 0.15) is 22.4 Å². The van der Waals surface area contributed by atoms with Gasteiger partial charge in [0.2, 0.25) is 0 Å². The van der Waals surface area contributed by atoms with Crippen LogP contribution in [0.5, 0.6) is 5.75 Å². The molecule has 0 spiro atoms. The van der Waals surface area contributed by atoms with Crippen molar-refractivity contribution in [3.63, 3.8) is 0 Å². The van der Waals surface area contributed by atoms with Gasteiger partial charge in [-0.15, -0.1) is 0 Å². The van der Waals surface area contributed by atoms with Gasteiger partial charge in [-0.3, -0.25) is 14.3 Å². The van der Waals surface area contributed by atoms with Crippen molar-refractivity contribution in [1.29, 1.82) is 5.26 Å². The van der Waals surface area contributed by atoms with Crippen LogP contribution in [0.4, 0.5) is 30.8 Å². The lowest BCUT2D eigenvalue weighted by atomic mass is 10.1. The zero-order chi connectivity index (χ0) is 27.5. The monoisotopic (exact) mass is 554 g/mol. The normalized spacial score (nSPS) is 19.3. The number of methoxy groups -OCH3 is 1. The molecule has 193 valence electrons. The molecule has 1 aliphatic rings. The predicted octanol–water partition coefficient (Wildman–Crippen LogP) is 5.22. The molecule has 2 heterocycles. The van der Waals surface area contributed by atoms with E-state index in [1.165, 1.54) is 36.9 Å². The summed E-state index contributed by atoms with van der Waals surface area (Å²) < 4.78 is 72.0. The Hall–Kier alpha value is -3.90. The van der Waals surface area contributed by atoms with Crippen LogP contribution in [0.3, 0.4) is 0 Å². The molecule has 1 atom stereocenters. The predicted molar refractivity (Wildman–Crippen MR) is 127 cm³/mol. The highest BCUT2D eigenvalue weighted by molar-refractivity contribution is 8.45. The Morgan fingerprint density at radius 1 is 1.19 bits per heavy atom. The Bertz CT molecular complexity index is 1490. The van der Waals surface area contributed by atoms with Crippen molar-refractivity contribution in [1.82, 2.24) is 9.78 Å². The molecule has 15 heteroatoms. The molecule has 1 aliphatic heterocycles. The van der Waals surface area contributed by atoms with Crippen molar-refractivity contribution in [3.05, 3.63) is 65.5 Å². The van der Waals surface area contributed by atoms with Gasteiger partial charge >= 0.3 is 10.2 Å². The summed E-state index contributed by atoms with van der Waals surface area (Å²) >= 11 is 0. The Balaban J connectivity index is 1.69. The van der Waals surface area contributed by atoms with Gasteiger partial charge in [0.05, 0.1) is 41.2 Å². The lowest BCUT2D eigenvalue weighted by Crippen LogP contribution is -2.58. The average molecular weight is 555 g/mol. The van der Waals surface area contributed by atoms with Gasteiger partial charge in [0.15, 0.2) is 0 Å². The molecule has 0 bridgehead atoms. The molecule has 3 aromatic rings. The summed E-state index contributed by atoms with van der Waals surface area (Å²) in [4.78, 5) is 25.5. The summed E-state index contributed by atoms with van der Waals surface area (Å²) in [6.07, 6.45) is 1.15. The highest BCUT2D eigenvalue weighted by atomic mass is 32.5. The summed E-state index contributed by atoms with van der Waals surface area (Å²) in [5.74, 6) is -1.25. The van der Waals surface area contributed by atoms with Gasteiger partial charge in [-0.05, 0) is 49.4 Å². The van der Waals surface area contributed by atoms with Crippen molar-refractivity contribution in [3.8, 4) is 11.8 Å². The Morgan fingerprint density at radius 2 is 1.84 bits per heavy atom. The fourth-order valence-corrected chi connectivity index (χ4v) is 4.95. The van der Waals surface area contributed by atoms with Gasteiger partial charge in [0.25, 0.3) is 11.8 Å². The summed E-state index contributed by atoms with van der Waals surface area (Å²) in [7, 11) is -5.11. The number of benzene rings is 2. The third-order valence-corrected chi connectivity index (χ3v) is 7.10. The summed E-state index contributed by atoms with van der Waals surface area (Å²) in [5, 5.41) is 14.7.